The molecule has 78 valence electrons. The second-order valence-electron chi connectivity index (χ2n) is 2.66. The van der Waals surface area contributed by atoms with Gasteiger partial charge in [-0.1, -0.05) is 0 Å². The smallest absolute Gasteiger partial charge is 0.344 e. The molecule has 2 N–H and O–H groups in total. The minimum absolute atomic E-state index is 0. The number of alkyl halides is 3. The van der Waals surface area contributed by atoms with Crippen LogP contribution < -0.4 is 10.6 Å². The van der Waals surface area contributed by atoms with Gasteiger partial charge in [-0.05, 0) is 13.0 Å². The normalized spacial score (nSPS) is 22.2. The number of hydrogen-bond acceptors (Lipinski definition) is 2. The van der Waals surface area contributed by atoms with E-state index in [1.165, 1.54) is 0 Å². The Labute approximate surface area is 80.5 Å². The number of carbonyl (C=O) groups is 1. The minimum atomic E-state index is -4.76. The number of carbonyl (C=O) groups excluding carboxylic acids is 1. The van der Waals surface area contributed by atoms with Gasteiger partial charge in [-0.3, -0.25) is 4.79 Å². The highest BCUT2D eigenvalue weighted by Gasteiger charge is 2.39. The fourth-order valence-corrected chi connectivity index (χ4v) is 1.05. The zero-order valence-corrected chi connectivity index (χ0v) is 7.74. The molecule has 1 amide bonds. The van der Waals surface area contributed by atoms with Crippen LogP contribution in [-0.2, 0) is 4.79 Å². The summed E-state index contributed by atoms with van der Waals surface area (Å²) in [4.78, 5) is 10.4. The van der Waals surface area contributed by atoms with E-state index in [-0.39, 0.29) is 19.5 Å². The lowest BCUT2D eigenvalue weighted by molar-refractivity contribution is -0.174. The van der Waals surface area contributed by atoms with Crippen molar-refractivity contribution in [2.45, 2.75) is 18.6 Å². The van der Waals surface area contributed by atoms with E-state index in [1.807, 2.05) is 5.32 Å². The zero-order chi connectivity index (χ0) is 9.19. The van der Waals surface area contributed by atoms with Crippen LogP contribution in [0.25, 0.3) is 0 Å². The lowest BCUT2D eigenvalue weighted by Crippen LogP contribution is -2.43. The lowest BCUT2D eigenvalue weighted by atomic mass is 10.2. The Hall–Kier alpha value is -0.430. The monoisotopic (exact) mass is 216 g/mol. The molecular formula is C6H11F3N2OS. The van der Waals surface area contributed by atoms with Crippen LogP contribution >= 0.6 is 13.5 Å². The van der Waals surface area contributed by atoms with Crippen LogP contribution in [-0.4, -0.2) is 31.2 Å². The van der Waals surface area contributed by atoms with E-state index >= 15 is 0 Å². The first kappa shape index (κ1) is 12.6. The molecule has 0 unspecified atom stereocenters. The highest BCUT2D eigenvalue weighted by molar-refractivity contribution is 7.59. The lowest BCUT2D eigenvalue weighted by Gasteiger charge is -2.12. The van der Waals surface area contributed by atoms with Crippen molar-refractivity contribution in [2.24, 2.45) is 0 Å². The maximum absolute atomic E-state index is 11.7. The van der Waals surface area contributed by atoms with E-state index in [0.29, 0.717) is 19.5 Å². The summed E-state index contributed by atoms with van der Waals surface area (Å²) in [7, 11) is 0. The summed E-state index contributed by atoms with van der Waals surface area (Å²) >= 11 is 0. The van der Waals surface area contributed by atoms with Crippen molar-refractivity contribution in [3.05, 3.63) is 0 Å². The third-order valence-corrected chi connectivity index (χ3v) is 1.65. The Balaban J connectivity index is 0.00000144. The average molecular weight is 216 g/mol. The van der Waals surface area contributed by atoms with Gasteiger partial charge in [0.05, 0.1) is 0 Å². The highest BCUT2D eigenvalue weighted by atomic mass is 32.1. The molecule has 0 aliphatic carbocycles. The van der Waals surface area contributed by atoms with E-state index in [2.05, 4.69) is 5.32 Å². The number of rotatable bonds is 1. The molecule has 0 saturated carbocycles. The molecule has 0 radical (unpaired) electrons. The van der Waals surface area contributed by atoms with Crippen LogP contribution in [0.3, 0.4) is 0 Å². The van der Waals surface area contributed by atoms with Crippen LogP contribution in [0.4, 0.5) is 13.2 Å². The van der Waals surface area contributed by atoms with Gasteiger partial charge in [0.15, 0.2) is 0 Å². The van der Waals surface area contributed by atoms with Crippen molar-refractivity contribution < 1.29 is 18.0 Å². The molecule has 1 aliphatic heterocycles. The van der Waals surface area contributed by atoms with Crippen LogP contribution in [0.15, 0.2) is 0 Å². The van der Waals surface area contributed by atoms with Crippen LogP contribution in [0.5, 0.6) is 0 Å². The van der Waals surface area contributed by atoms with Crippen LogP contribution in [0.2, 0.25) is 0 Å². The molecule has 1 saturated heterocycles. The second-order valence-corrected chi connectivity index (χ2v) is 2.66. The molecular weight excluding hydrogens is 205 g/mol. The number of hydrogen-bond donors (Lipinski definition) is 2. The van der Waals surface area contributed by atoms with E-state index in [1.54, 1.807) is 0 Å². The topological polar surface area (TPSA) is 41.1 Å². The Bertz CT molecular complexity index is 179. The maximum atomic E-state index is 11.7. The molecule has 1 aliphatic rings. The molecule has 1 atom stereocenters. The largest absolute Gasteiger partial charge is 0.471 e. The molecule has 13 heavy (non-hydrogen) atoms. The van der Waals surface area contributed by atoms with Gasteiger partial charge in [0.2, 0.25) is 0 Å². The van der Waals surface area contributed by atoms with E-state index in [4.69, 9.17) is 0 Å². The summed E-state index contributed by atoms with van der Waals surface area (Å²) in [6.07, 6.45) is -4.20. The quantitative estimate of drug-likeness (QED) is 0.654. The Kier molecular flexibility index (Phi) is 4.55. The van der Waals surface area contributed by atoms with E-state index in [9.17, 15) is 18.0 Å². The summed E-state index contributed by atoms with van der Waals surface area (Å²) in [5.41, 5.74) is 0. The molecule has 1 heterocycles. The van der Waals surface area contributed by atoms with Crippen LogP contribution in [0.1, 0.15) is 6.42 Å². The number of halogens is 3. The van der Waals surface area contributed by atoms with Gasteiger partial charge in [-0.15, -0.1) is 0 Å². The van der Waals surface area contributed by atoms with E-state index in [0.717, 1.165) is 0 Å². The molecule has 1 fully saturated rings. The molecule has 0 bridgehead atoms. The molecule has 1 rings (SSSR count). The van der Waals surface area contributed by atoms with Gasteiger partial charge in [0, 0.05) is 12.6 Å². The molecule has 0 aromatic rings. The Morgan fingerprint density at radius 2 is 2.08 bits per heavy atom. The predicted octanol–water partition coefficient (Wildman–Crippen LogP) is 0.140. The van der Waals surface area contributed by atoms with Gasteiger partial charge in [-0.25, -0.2) is 0 Å². The van der Waals surface area contributed by atoms with Gasteiger partial charge in [0.25, 0.3) is 0 Å². The number of nitrogens with one attached hydrogen (secondary N) is 2. The summed E-state index contributed by atoms with van der Waals surface area (Å²) < 4.78 is 35.0. The van der Waals surface area contributed by atoms with Crippen molar-refractivity contribution in [2.75, 3.05) is 13.1 Å². The first-order chi connectivity index (χ1) is 5.50. The third-order valence-electron chi connectivity index (χ3n) is 1.65. The SMILES string of the molecule is O=C(N[C@H]1CCNC1)C(F)(F)F.S. The third kappa shape index (κ3) is 3.86. The molecule has 0 aromatic carbocycles. The summed E-state index contributed by atoms with van der Waals surface area (Å²) in [6, 6.07) is -0.376. The van der Waals surface area contributed by atoms with Crippen LogP contribution in [0, 0.1) is 0 Å². The van der Waals surface area contributed by atoms with E-state index < -0.39 is 12.1 Å². The van der Waals surface area contributed by atoms with Crippen molar-refractivity contribution >= 4 is 19.4 Å². The van der Waals surface area contributed by atoms with Gasteiger partial charge in [-0.2, -0.15) is 26.7 Å². The Morgan fingerprint density at radius 1 is 1.46 bits per heavy atom. The second kappa shape index (κ2) is 4.71. The zero-order valence-electron chi connectivity index (χ0n) is 6.74. The van der Waals surface area contributed by atoms with Crippen molar-refractivity contribution in [1.82, 2.24) is 10.6 Å². The first-order valence-electron chi connectivity index (χ1n) is 3.58. The standard InChI is InChI=1S/C6H9F3N2O.H2S/c7-6(8,9)5(12)11-4-1-2-10-3-4;/h4,10H,1-3H2,(H,11,12);1H2/t4-;/m0./s1. The molecule has 3 nitrogen and oxygen atoms in total. The fraction of sp³-hybridized carbons (Fsp3) is 0.833. The van der Waals surface area contributed by atoms with Crippen molar-refractivity contribution in [1.29, 1.82) is 0 Å². The summed E-state index contributed by atoms with van der Waals surface area (Å²) in [6.45, 7) is 1.07. The summed E-state index contributed by atoms with van der Waals surface area (Å²) in [5, 5.41) is 4.74. The van der Waals surface area contributed by atoms with Crippen molar-refractivity contribution in [3.8, 4) is 0 Å². The molecule has 7 heteroatoms. The first-order valence-corrected chi connectivity index (χ1v) is 3.58. The minimum Gasteiger partial charge on any atom is -0.344 e. The van der Waals surface area contributed by atoms with Gasteiger partial charge >= 0.3 is 12.1 Å². The predicted molar refractivity (Wildman–Crippen MR) is 45.9 cm³/mol. The van der Waals surface area contributed by atoms with Crippen molar-refractivity contribution in [3.63, 3.8) is 0 Å². The van der Waals surface area contributed by atoms with Gasteiger partial charge in [0.1, 0.15) is 0 Å². The molecule has 0 aromatic heterocycles. The average Bonchev–Trinajstić information content (AvgIpc) is 2.37. The maximum Gasteiger partial charge on any atom is 0.471 e. The summed E-state index contributed by atoms with van der Waals surface area (Å²) in [5.74, 6) is -1.85. The number of amides is 1. The fourth-order valence-electron chi connectivity index (χ4n) is 1.05. The highest BCUT2D eigenvalue weighted by Crippen LogP contribution is 2.15. The Morgan fingerprint density at radius 3 is 2.46 bits per heavy atom. The molecule has 0 spiro atoms. The van der Waals surface area contributed by atoms with Gasteiger partial charge < -0.3 is 10.6 Å².